The average Bonchev–Trinajstić information content (AvgIpc) is 2.93. The Bertz CT molecular complexity index is 1430. The Labute approximate surface area is 246 Å². The van der Waals surface area contributed by atoms with E-state index >= 15 is 0 Å². The molecular weight excluding hydrogens is 569 g/mol. The summed E-state index contributed by atoms with van der Waals surface area (Å²) in [5.74, 6) is -0.861. The maximum Gasteiger partial charge on any atom is 0.264 e. The molecule has 0 aliphatic heterocycles. The Hall–Kier alpha value is -3.63. The van der Waals surface area contributed by atoms with Crippen LogP contribution in [0.2, 0.25) is 5.02 Å². The molecule has 0 saturated carbocycles. The Morgan fingerprint density at radius 2 is 1.66 bits per heavy atom. The summed E-state index contributed by atoms with van der Waals surface area (Å²) >= 11 is 6.17. The Morgan fingerprint density at radius 1 is 1.00 bits per heavy atom. The minimum atomic E-state index is -4.31. The van der Waals surface area contributed by atoms with Gasteiger partial charge in [-0.25, -0.2) is 12.8 Å². The van der Waals surface area contributed by atoms with Gasteiger partial charge in [-0.15, -0.1) is 0 Å². The molecule has 0 spiro atoms. The highest BCUT2D eigenvalue weighted by atomic mass is 35.5. The lowest BCUT2D eigenvalue weighted by Crippen LogP contribution is -2.51. The summed E-state index contributed by atoms with van der Waals surface area (Å²) in [5.41, 5.74) is 0.870. The fourth-order valence-corrected chi connectivity index (χ4v) is 5.63. The smallest absolute Gasteiger partial charge is 0.264 e. The van der Waals surface area contributed by atoms with Gasteiger partial charge < -0.3 is 15.0 Å². The highest BCUT2D eigenvalue weighted by molar-refractivity contribution is 7.92. The number of anilines is 1. The van der Waals surface area contributed by atoms with Gasteiger partial charge in [-0.1, -0.05) is 37.6 Å². The van der Waals surface area contributed by atoms with E-state index in [0.29, 0.717) is 29.5 Å². The van der Waals surface area contributed by atoms with Crippen molar-refractivity contribution in [1.82, 2.24) is 10.2 Å². The molecule has 11 heteroatoms. The molecule has 0 heterocycles. The van der Waals surface area contributed by atoms with Crippen LogP contribution in [-0.4, -0.2) is 50.9 Å². The molecule has 1 unspecified atom stereocenters. The van der Waals surface area contributed by atoms with Crippen LogP contribution in [0.4, 0.5) is 10.1 Å². The maximum absolute atomic E-state index is 13.9. The molecule has 0 saturated heterocycles. The number of amides is 2. The van der Waals surface area contributed by atoms with Gasteiger partial charge in [0.25, 0.3) is 10.0 Å². The summed E-state index contributed by atoms with van der Waals surface area (Å²) < 4.78 is 47.6. The third-order valence-electron chi connectivity index (χ3n) is 6.21. The van der Waals surface area contributed by atoms with E-state index in [0.717, 1.165) is 28.6 Å². The lowest BCUT2D eigenvalue weighted by Gasteiger charge is -2.32. The molecule has 0 radical (unpaired) electrons. The van der Waals surface area contributed by atoms with Gasteiger partial charge in [0, 0.05) is 18.1 Å². The van der Waals surface area contributed by atoms with Crippen LogP contribution in [0.1, 0.15) is 33.3 Å². The molecule has 2 amide bonds. The summed E-state index contributed by atoms with van der Waals surface area (Å²) in [6.07, 6.45) is 0. The minimum absolute atomic E-state index is 0.0172. The molecule has 0 bridgehead atoms. The van der Waals surface area contributed by atoms with Gasteiger partial charge in [0.15, 0.2) is 0 Å². The maximum atomic E-state index is 13.9. The summed E-state index contributed by atoms with van der Waals surface area (Å²) in [5, 5.41) is 3.30. The first-order valence-corrected chi connectivity index (χ1v) is 15.1. The first kappa shape index (κ1) is 31.9. The average molecular weight is 604 g/mol. The molecule has 0 fully saturated rings. The molecule has 8 nitrogen and oxygen atoms in total. The van der Waals surface area contributed by atoms with E-state index < -0.39 is 34.3 Å². The Kier molecular flexibility index (Phi) is 11.1. The van der Waals surface area contributed by atoms with Crippen LogP contribution in [0.5, 0.6) is 5.75 Å². The fraction of sp³-hybridized carbons (Fsp3) is 0.333. The Balaban J connectivity index is 2.02. The van der Waals surface area contributed by atoms with E-state index in [1.165, 1.54) is 17.0 Å². The molecule has 3 aromatic carbocycles. The number of rotatable bonds is 13. The van der Waals surface area contributed by atoms with Gasteiger partial charge in [-0.3, -0.25) is 13.9 Å². The van der Waals surface area contributed by atoms with E-state index in [1.807, 2.05) is 20.8 Å². The van der Waals surface area contributed by atoms with Crippen molar-refractivity contribution in [1.29, 1.82) is 0 Å². The van der Waals surface area contributed by atoms with Crippen molar-refractivity contribution in [3.63, 3.8) is 0 Å². The number of hydrogen-bond donors (Lipinski definition) is 1. The number of nitrogens with one attached hydrogen (secondary N) is 1. The third-order valence-corrected chi connectivity index (χ3v) is 8.23. The predicted octanol–water partition coefficient (Wildman–Crippen LogP) is 5.26. The number of ether oxygens (including phenoxy) is 1. The number of carbonyl (C=O) groups is 2. The quantitative estimate of drug-likeness (QED) is 0.287. The van der Waals surface area contributed by atoms with Crippen molar-refractivity contribution >= 4 is 39.1 Å². The van der Waals surface area contributed by atoms with Crippen molar-refractivity contribution in [2.45, 2.75) is 45.2 Å². The van der Waals surface area contributed by atoms with Crippen LogP contribution in [0.3, 0.4) is 0 Å². The molecule has 3 aromatic rings. The molecule has 41 heavy (non-hydrogen) atoms. The summed E-state index contributed by atoms with van der Waals surface area (Å²) in [6.45, 7) is 7.56. The molecular formula is C30H35ClFN3O5S. The lowest BCUT2D eigenvalue weighted by molar-refractivity contribution is -0.139. The van der Waals surface area contributed by atoms with Crippen molar-refractivity contribution in [3.8, 4) is 5.75 Å². The second-order valence-electron chi connectivity index (χ2n) is 9.86. The molecule has 0 aliphatic carbocycles. The summed E-state index contributed by atoms with van der Waals surface area (Å²) in [7, 11) is -4.31. The van der Waals surface area contributed by atoms with E-state index in [4.69, 9.17) is 16.3 Å². The summed E-state index contributed by atoms with van der Waals surface area (Å²) in [6, 6.07) is 16.6. The minimum Gasteiger partial charge on any atom is -0.494 e. The molecule has 3 rings (SSSR count). The van der Waals surface area contributed by atoms with Crippen LogP contribution in [-0.2, 0) is 26.2 Å². The molecule has 1 atom stereocenters. The van der Waals surface area contributed by atoms with Crippen LogP contribution < -0.4 is 14.4 Å². The lowest BCUT2D eigenvalue weighted by atomic mass is 10.1. The van der Waals surface area contributed by atoms with E-state index in [-0.39, 0.29) is 29.0 Å². The van der Waals surface area contributed by atoms with Gasteiger partial charge in [0.1, 0.15) is 24.2 Å². The van der Waals surface area contributed by atoms with E-state index in [2.05, 4.69) is 5.32 Å². The van der Waals surface area contributed by atoms with Gasteiger partial charge in [-0.05, 0) is 86.0 Å². The first-order chi connectivity index (χ1) is 19.4. The van der Waals surface area contributed by atoms with Gasteiger partial charge >= 0.3 is 0 Å². The van der Waals surface area contributed by atoms with E-state index in [1.54, 1.807) is 43.3 Å². The van der Waals surface area contributed by atoms with Crippen LogP contribution in [0.25, 0.3) is 0 Å². The van der Waals surface area contributed by atoms with Crippen molar-refractivity contribution in [3.05, 3.63) is 89.2 Å². The highest BCUT2D eigenvalue weighted by Crippen LogP contribution is 2.27. The molecule has 0 aromatic heterocycles. The highest BCUT2D eigenvalue weighted by Gasteiger charge is 2.32. The van der Waals surface area contributed by atoms with Gasteiger partial charge in [-0.2, -0.15) is 0 Å². The number of halogens is 2. The largest absolute Gasteiger partial charge is 0.494 e. The number of nitrogens with zero attached hydrogens (tertiary/aromatic N) is 2. The zero-order valence-electron chi connectivity index (χ0n) is 23.5. The normalized spacial score (nSPS) is 12.1. The number of hydrogen-bond acceptors (Lipinski definition) is 5. The monoisotopic (exact) mass is 603 g/mol. The third kappa shape index (κ3) is 8.68. The molecule has 220 valence electrons. The van der Waals surface area contributed by atoms with Crippen molar-refractivity contribution in [2.24, 2.45) is 5.92 Å². The van der Waals surface area contributed by atoms with Gasteiger partial charge in [0.2, 0.25) is 11.8 Å². The van der Waals surface area contributed by atoms with E-state index in [9.17, 15) is 22.4 Å². The van der Waals surface area contributed by atoms with Crippen LogP contribution >= 0.6 is 11.6 Å². The Morgan fingerprint density at radius 3 is 2.24 bits per heavy atom. The second-order valence-corrected chi connectivity index (χ2v) is 12.2. The first-order valence-electron chi connectivity index (χ1n) is 13.2. The SMILES string of the molecule is CCOc1ccc(N(CC(=O)N(Cc2cccc(Cl)c2)C(C)C(=O)NCC(C)C)S(=O)(=O)c2ccc(F)cc2)cc1. The van der Waals surface area contributed by atoms with Crippen molar-refractivity contribution in [2.75, 3.05) is 24.0 Å². The van der Waals surface area contributed by atoms with Crippen LogP contribution in [0, 0.1) is 11.7 Å². The zero-order valence-corrected chi connectivity index (χ0v) is 25.1. The van der Waals surface area contributed by atoms with Crippen LogP contribution in [0.15, 0.2) is 77.7 Å². The van der Waals surface area contributed by atoms with Crippen molar-refractivity contribution < 1.29 is 27.1 Å². The topological polar surface area (TPSA) is 96.0 Å². The van der Waals surface area contributed by atoms with Gasteiger partial charge in [0.05, 0.1) is 17.2 Å². The molecule has 0 aliphatic rings. The number of carbonyl (C=O) groups excluding carboxylic acids is 2. The fourth-order valence-electron chi connectivity index (χ4n) is 4.00. The second kappa shape index (κ2) is 14.3. The zero-order chi connectivity index (χ0) is 30.2. The molecule has 1 N–H and O–H groups in total. The number of benzene rings is 3. The summed E-state index contributed by atoms with van der Waals surface area (Å²) in [4.78, 5) is 28.1. The number of sulfonamides is 1. The predicted molar refractivity (Wildman–Crippen MR) is 158 cm³/mol. The standard InChI is InChI=1S/C30H35ClFN3O5S/c1-5-40-27-13-11-26(12-14-27)35(41(38,39)28-15-9-25(32)10-16-28)20-29(36)34(19-23-7-6-8-24(31)17-23)22(4)30(37)33-18-21(2)3/h6-17,21-22H,5,18-20H2,1-4H3,(H,33,37).